The minimum Gasteiger partial charge on any atom is -0.457 e. The molecule has 10 heteroatoms. The average Bonchev–Trinajstić information content (AvgIpc) is 3.41. The van der Waals surface area contributed by atoms with E-state index in [4.69, 9.17) is 14.2 Å². The van der Waals surface area contributed by atoms with Crippen LogP contribution < -0.4 is 10.1 Å². The zero-order valence-electron chi connectivity index (χ0n) is 22.8. The first-order valence-corrected chi connectivity index (χ1v) is 14.0. The number of likely N-dealkylation sites (N-methyl/N-ethyl adjacent to an activating group) is 1. The summed E-state index contributed by atoms with van der Waals surface area (Å²) in [4.78, 5) is 44.3. The maximum absolute atomic E-state index is 13.3. The molecule has 2 atom stereocenters. The van der Waals surface area contributed by atoms with Gasteiger partial charge in [0.25, 0.3) is 11.8 Å². The number of piperidine rings is 1. The van der Waals surface area contributed by atoms with Crippen molar-refractivity contribution in [3.05, 3.63) is 81.0 Å². The number of benzene rings is 2. The summed E-state index contributed by atoms with van der Waals surface area (Å²) in [5, 5.41) is 3.04. The molecule has 2 aliphatic rings. The number of amides is 3. The molecule has 5 rings (SSSR count). The smallest absolute Gasteiger partial charge is 0.264 e. The lowest BCUT2D eigenvalue weighted by molar-refractivity contribution is -0.124. The van der Waals surface area contributed by atoms with Gasteiger partial charge in [0.2, 0.25) is 5.91 Å². The van der Waals surface area contributed by atoms with Crippen molar-refractivity contribution in [2.45, 2.75) is 38.7 Å². The Hall–Kier alpha value is -3.73. The molecule has 3 amide bonds. The van der Waals surface area contributed by atoms with E-state index in [2.05, 4.69) is 5.32 Å². The molecule has 4 bridgehead atoms. The molecule has 1 N–H and O–H groups in total. The Balaban J connectivity index is 1.39. The fourth-order valence-corrected chi connectivity index (χ4v) is 5.90. The van der Waals surface area contributed by atoms with Gasteiger partial charge in [-0.2, -0.15) is 0 Å². The number of carbonyl (C=O) groups is 3. The van der Waals surface area contributed by atoms with Crippen molar-refractivity contribution < 1.29 is 28.6 Å². The van der Waals surface area contributed by atoms with Crippen LogP contribution in [0.3, 0.4) is 0 Å². The molecular formula is C30H33N3O6S. The molecule has 210 valence electrons. The highest BCUT2D eigenvalue weighted by Gasteiger charge is 2.34. The van der Waals surface area contributed by atoms with Gasteiger partial charge in [0, 0.05) is 37.7 Å². The topological polar surface area (TPSA) is 97.4 Å². The average molecular weight is 564 g/mol. The van der Waals surface area contributed by atoms with E-state index in [0.717, 1.165) is 16.0 Å². The number of rotatable bonds is 3. The maximum atomic E-state index is 13.3. The zero-order chi connectivity index (χ0) is 28.2. The maximum Gasteiger partial charge on any atom is 0.264 e. The van der Waals surface area contributed by atoms with Crippen molar-refractivity contribution in [1.82, 2.24) is 15.1 Å². The van der Waals surface area contributed by atoms with Crippen LogP contribution in [0.1, 0.15) is 42.5 Å². The van der Waals surface area contributed by atoms with E-state index in [-0.39, 0.29) is 30.4 Å². The molecule has 2 aliphatic heterocycles. The predicted molar refractivity (Wildman–Crippen MR) is 151 cm³/mol. The summed E-state index contributed by atoms with van der Waals surface area (Å²) in [5.41, 5.74) is 2.24. The summed E-state index contributed by atoms with van der Waals surface area (Å²) in [5.74, 6) is 0.521. The second-order valence-corrected chi connectivity index (χ2v) is 11.3. The molecule has 3 heterocycles. The minimum atomic E-state index is -0.439. The van der Waals surface area contributed by atoms with Crippen LogP contribution in [0, 0.1) is 6.92 Å². The van der Waals surface area contributed by atoms with Crippen LogP contribution in [0.5, 0.6) is 11.5 Å². The first-order valence-electron chi connectivity index (χ1n) is 13.2. The Labute approximate surface area is 237 Å². The fraction of sp³-hybridized carbons (Fsp3) is 0.367. The Bertz CT molecular complexity index is 1410. The highest BCUT2D eigenvalue weighted by Crippen LogP contribution is 2.28. The van der Waals surface area contributed by atoms with Gasteiger partial charge in [0.1, 0.15) is 11.5 Å². The number of nitrogens with one attached hydrogen (secondary N) is 1. The molecule has 1 saturated heterocycles. The van der Waals surface area contributed by atoms with Gasteiger partial charge in [-0.05, 0) is 60.9 Å². The highest BCUT2D eigenvalue weighted by atomic mass is 32.1. The number of carbonyl (C=O) groups excluding carboxylic acids is 3. The summed E-state index contributed by atoms with van der Waals surface area (Å²) in [6, 6.07) is 16.2. The fourth-order valence-electron chi connectivity index (χ4n) is 4.95. The highest BCUT2D eigenvalue weighted by molar-refractivity contribution is 7.14. The van der Waals surface area contributed by atoms with Crippen molar-refractivity contribution >= 4 is 29.1 Å². The van der Waals surface area contributed by atoms with Crippen LogP contribution in [-0.2, 0) is 27.5 Å². The quantitative estimate of drug-likeness (QED) is 0.518. The monoisotopic (exact) mass is 563 g/mol. The molecule has 2 aromatic carbocycles. The van der Waals surface area contributed by atoms with E-state index in [0.29, 0.717) is 54.7 Å². The van der Waals surface area contributed by atoms with Crippen LogP contribution in [0.15, 0.2) is 54.6 Å². The molecule has 0 saturated carbocycles. The predicted octanol–water partition coefficient (Wildman–Crippen LogP) is 4.00. The third kappa shape index (κ3) is 6.35. The number of ether oxygens (including phenoxy) is 3. The van der Waals surface area contributed by atoms with Gasteiger partial charge in [0.15, 0.2) is 0 Å². The van der Waals surface area contributed by atoms with E-state index in [1.54, 1.807) is 31.2 Å². The van der Waals surface area contributed by atoms with Gasteiger partial charge in [-0.1, -0.05) is 18.2 Å². The SMILES string of the molecule is COCc1ccc(C(=O)N2CC[C@H]3OCc4cccc(c4)Oc4cc(ccc4C)C(=O)N(C)CC(=O)N[C@H]3C2)s1. The van der Waals surface area contributed by atoms with Crippen LogP contribution in [0.25, 0.3) is 0 Å². The summed E-state index contributed by atoms with van der Waals surface area (Å²) in [6.07, 6.45) is 0.246. The normalized spacial score (nSPS) is 20.0. The van der Waals surface area contributed by atoms with Crippen LogP contribution in [-0.4, -0.2) is 73.5 Å². The molecule has 0 radical (unpaired) electrons. The van der Waals surface area contributed by atoms with Crippen molar-refractivity contribution in [2.24, 2.45) is 0 Å². The number of hydrogen-bond acceptors (Lipinski definition) is 7. The Morgan fingerprint density at radius 3 is 2.83 bits per heavy atom. The number of fused-ring (bicyclic) bond motifs is 5. The first-order chi connectivity index (χ1) is 19.3. The molecule has 0 aliphatic carbocycles. The Morgan fingerprint density at radius 1 is 1.15 bits per heavy atom. The molecule has 0 spiro atoms. The van der Waals surface area contributed by atoms with Gasteiger partial charge in [-0.15, -0.1) is 11.3 Å². The number of likely N-dealkylation sites (tertiary alicyclic amines) is 1. The van der Waals surface area contributed by atoms with E-state index in [9.17, 15) is 14.4 Å². The van der Waals surface area contributed by atoms with E-state index >= 15 is 0 Å². The number of hydrogen-bond donors (Lipinski definition) is 1. The van der Waals surface area contributed by atoms with Crippen LogP contribution in [0.2, 0.25) is 0 Å². The third-order valence-electron chi connectivity index (χ3n) is 7.09. The zero-order valence-corrected chi connectivity index (χ0v) is 23.7. The Kier molecular flexibility index (Phi) is 8.49. The molecule has 1 aromatic heterocycles. The number of thiophene rings is 1. The van der Waals surface area contributed by atoms with Crippen molar-refractivity contribution in [3.63, 3.8) is 0 Å². The van der Waals surface area contributed by atoms with Gasteiger partial charge >= 0.3 is 0 Å². The van der Waals surface area contributed by atoms with Crippen molar-refractivity contribution in [1.29, 1.82) is 0 Å². The summed E-state index contributed by atoms with van der Waals surface area (Å²) >= 11 is 1.41. The standard InChI is InChI=1S/C30H33N3O6S/c1-19-7-8-21-14-26(19)39-22-6-4-5-20(13-22)17-38-25-11-12-33(30(36)27-10-9-23(40-27)18-37-3)15-24(25)31-28(34)16-32(2)29(21)35/h4-10,13-14,24-25H,11-12,15-18H2,1-3H3,(H,31,34)/t24-,25+/m0/s1. The number of methoxy groups -OCH3 is 1. The molecule has 3 aromatic rings. The lowest BCUT2D eigenvalue weighted by Crippen LogP contribution is -2.58. The number of aryl methyl sites for hydroxylation is 1. The molecular weight excluding hydrogens is 530 g/mol. The largest absolute Gasteiger partial charge is 0.457 e. The Morgan fingerprint density at radius 2 is 2.00 bits per heavy atom. The second-order valence-electron chi connectivity index (χ2n) is 10.2. The van der Waals surface area contributed by atoms with E-state index in [1.807, 2.05) is 49.4 Å². The van der Waals surface area contributed by atoms with E-state index in [1.165, 1.54) is 16.2 Å². The van der Waals surface area contributed by atoms with Crippen LogP contribution >= 0.6 is 11.3 Å². The summed E-state index contributed by atoms with van der Waals surface area (Å²) in [6.45, 7) is 3.36. The van der Waals surface area contributed by atoms with Gasteiger partial charge in [0.05, 0.1) is 36.8 Å². The van der Waals surface area contributed by atoms with Gasteiger partial charge in [-0.3, -0.25) is 14.4 Å². The van der Waals surface area contributed by atoms with Crippen molar-refractivity contribution in [2.75, 3.05) is 33.8 Å². The lowest BCUT2D eigenvalue weighted by atomic mass is 10.0. The minimum absolute atomic E-state index is 0.0838. The second kappa shape index (κ2) is 12.2. The molecule has 9 nitrogen and oxygen atoms in total. The summed E-state index contributed by atoms with van der Waals surface area (Å²) < 4.78 is 17.6. The van der Waals surface area contributed by atoms with Crippen LogP contribution in [0.4, 0.5) is 0 Å². The first kappa shape index (κ1) is 27.8. The van der Waals surface area contributed by atoms with Gasteiger partial charge < -0.3 is 29.3 Å². The molecule has 1 fully saturated rings. The lowest BCUT2D eigenvalue weighted by Gasteiger charge is -2.39. The van der Waals surface area contributed by atoms with E-state index < -0.39 is 6.04 Å². The van der Waals surface area contributed by atoms with Crippen molar-refractivity contribution in [3.8, 4) is 11.5 Å². The van der Waals surface area contributed by atoms with Gasteiger partial charge in [-0.25, -0.2) is 0 Å². The number of nitrogens with zero attached hydrogens (tertiary/aromatic N) is 2. The third-order valence-corrected chi connectivity index (χ3v) is 8.14. The summed E-state index contributed by atoms with van der Waals surface area (Å²) in [7, 11) is 3.21. The molecule has 0 unspecified atom stereocenters. The molecule has 40 heavy (non-hydrogen) atoms.